The molecule has 2 aromatic rings. The Balaban J connectivity index is 2.53. The van der Waals surface area contributed by atoms with E-state index >= 15 is 0 Å². The summed E-state index contributed by atoms with van der Waals surface area (Å²) in [6.07, 6.45) is 0. The van der Waals surface area contributed by atoms with Crippen LogP contribution >= 0.6 is 0 Å². The molecule has 1 heterocycles. The number of hydrogen-bond acceptors (Lipinski definition) is 3. The molecule has 3 nitrogen and oxygen atoms in total. The Labute approximate surface area is 94.6 Å². The van der Waals surface area contributed by atoms with Gasteiger partial charge in [0.2, 0.25) is 0 Å². The van der Waals surface area contributed by atoms with E-state index in [1.54, 1.807) is 0 Å². The number of benzene rings is 1. The molecule has 0 aliphatic heterocycles. The normalized spacial score (nSPS) is 10.6. The summed E-state index contributed by atoms with van der Waals surface area (Å²) in [5, 5.41) is 0. The Bertz CT molecular complexity index is 460. The molecule has 0 saturated heterocycles. The minimum absolute atomic E-state index is 0.535. The second-order valence-electron chi connectivity index (χ2n) is 3.25. The van der Waals surface area contributed by atoms with E-state index in [2.05, 4.69) is 4.98 Å². The zero-order valence-electron chi connectivity index (χ0n) is 8.52. The predicted molar refractivity (Wildman–Crippen MR) is 59.0 cm³/mol. The van der Waals surface area contributed by atoms with Crippen LogP contribution in [0.4, 0.5) is 0 Å². The van der Waals surface area contributed by atoms with Gasteiger partial charge in [-0.25, -0.2) is 0 Å². The molecule has 0 radical (unpaired) electrons. The Morgan fingerprint density at radius 3 is 2.60 bits per heavy atom. The van der Waals surface area contributed by atoms with Crippen molar-refractivity contribution in [2.75, 3.05) is 0 Å². The van der Waals surface area contributed by atoms with E-state index < -0.39 is 15.3 Å². The van der Waals surface area contributed by atoms with Gasteiger partial charge in [-0.3, -0.25) is 0 Å². The molecule has 0 saturated carbocycles. The second kappa shape index (κ2) is 4.19. The van der Waals surface area contributed by atoms with Gasteiger partial charge in [0.05, 0.1) is 0 Å². The second-order valence-corrected chi connectivity index (χ2v) is 4.55. The average molecular weight is 268 g/mol. The molecule has 0 unspecified atom stereocenters. The minimum atomic E-state index is -0.535. The number of aromatic nitrogens is 1. The summed E-state index contributed by atoms with van der Waals surface area (Å²) in [7, 11) is 0. The van der Waals surface area contributed by atoms with E-state index in [1.807, 2.05) is 38.1 Å². The molecule has 1 aromatic heterocycles. The first-order valence-corrected chi connectivity index (χ1v) is 6.19. The van der Waals surface area contributed by atoms with Crippen LogP contribution in [0.5, 0.6) is 0 Å². The van der Waals surface area contributed by atoms with Gasteiger partial charge in [-0.1, -0.05) is 0 Å². The Hall–Kier alpha value is -1.09. The van der Waals surface area contributed by atoms with Gasteiger partial charge in [-0.2, -0.15) is 0 Å². The topological polar surface area (TPSA) is 46.3 Å². The van der Waals surface area contributed by atoms with Gasteiger partial charge < -0.3 is 0 Å². The monoisotopic (exact) mass is 269 g/mol. The van der Waals surface area contributed by atoms with Gasteiger partial charge in [0.25, 0.3) is 0 Å². The van der Waals surface area contributed by atoms with Crippen LogP contribution in [-0.4, -0.2) is 24.5 Å². The summed E-state index contributed by atoms with van der Waals surface area (Å²) >= 11 is -0.535. The summed E-state index contributed by atoms with van der Waals surface area (Å²) in [5.74, 6) is 1.42. The van der Waals surface area contributed by atoms with Crippen molar-refractivity contribution < 1.29 is 8.61 Å². The van der Waals surface area contributed by atoms with Gasteiger partial charge in [0.1, 0.15) is 0 Å². The predicted octanol–water partition coefficient (Wildman–Crippen LogP) is 1.20. The van der Waals surface area contributed by atoms with E-state index in [-0.39, 0.29) is 0 Å². The third kappa shape index (κ3) is 1.97. The third-order valence-electron chi connectivity index (χ3n) is 2.24. The maximum absolute atomic E-state index is 9.25. The molecule has 0 aliphatic carbocycles. The Morgan fingerprint density at radius 1 is 1.27 bits per heavy atom. The number of hydrogen-bond donors (Lipinski definition) is 1. The molecule has 1 aromatic carbocycles. The third-order valence-corrected chi connectivity index (χ3v) is 3.40. The first-order valence-electron chi connectivity index (χ1n) is 4.57. The summed E-state index contributed by atoms with van der Waals surface area (Å²) < 4.78 is 15.7. The number of oxazole rings is 1. The molecular formula is C11H11NO2Se. The van der Waals surface area contributed by atoms with Gasteiger partial charge in [0.15, 0.2) is 0 Å². The SMILES string of the molecule is Cc1nc(-c2ccccc2[Se]O)oc1C. The molecule has 4 heteroatoms. The number of rotatable bonds is 2. The van der Waals surface area contributed by atoms with E-state index in [0.29, 0.717) is 5.89 Å². The fraction of sp³-hybridized carbons (Fsp3) is 0.182. The van der Waals surface area contributed by atoms with Crippen LogP contribution in [0.2, 0.25) is 0 Å². The molecule has 0 atom stereocenters. The standard InChI is InChI=1S/C11H11NO2Se/c1-7-8(2)14-11(12-7)9-5-3-4-6-10(9)15-13/h3-6,13H,1-2H3. The molecule has 0 aliphatic rings. The van der Waals surface area contributed by atoms with Crippen LogP contribution in [0, 0.1) is 13.8 Å². The molecule has 0 fully saturated rings. The van der Waals surface area contributed by atoms with Crippen molar-refractivity contribution in [1.82, 2.24) is 4.98 Å². The van der Waals surface area contributed by atoms with Gasteiger partial charge in [-0.05, 0) is 0 Å². The average Bonchev–Trinajstić information content (AvgIpc) is 2.59. The van der Waals surface area contributed by atoms with E-state index in [1.165, 1.54) is 0 Å². The van der Waals surface area contributed by atoms with Crippen LogP contribution in [0.25, 0.3) is 11.5 Å². The quantitative estimate of drug-likeness (QED) is 0.832. The number of nitrogens with zero attached hydrogens (tertiary/aromatic N) is 1. The van der Waals surface area contributed by atoms with Crippen molar-refractivity contribution in [1.29, 1.82) is 0 Å². The van der Waals surface area contributed by atoms with Crippen LogP contribution in [-0.2, 0) is 0 Å². The molecular weight excluding hydrogens is 257 g/mol. The van der Waals surface area contributed by atoms with Crippen molar-refractivity contribution in [3.63, 3.8) is 0 Å². The fourth-order valence-corrected chi connectivity index (χ4v) is 2.14. The van der Waals surface area contributed by atoms with Crippen LogP contribution in [0.1, 0.15) is 11.5 Å². The summed E-state index contributed by atoms with van der Waals surface area (Å²) in [4.78, 5) is 4.32. The zero-order chi connectivity index (χ0) is 10.8. The molecule has 78 valence electrons. The Kier molecular flexibility index (Phi) is 2.91. The van der Waals surface area contributed by atoms with Gasteiger partial charge >= 0.3 is 94.4 Å². The zero-order valence-corrected chi connectivity index (χ0v) is 10.2. The summed E-state index contributed by atoms with van der Waals surface area (Å²) in [6.45, 7) is 3.80. The van der Waals surface area contributed by atoms with E-state index in [4.69, 9.17) is 4.42 Å². The van der Waals surface area contributed by atoms with Crippen LogP contribution in [0.3, 0.4) is 0 Å². The van der Waals surface area contributed by atoms with E-state index in [9.17, 15) is 4.19 Å². The number of aryl methyl sites for hydroxylation is 2. The molecule has 0 bridgehead atoms. The summed E-state index contributed by atoms with van der Waals surface area (Å²) in [5.41, 5.74) is 1.78. The fourth-order valence-electron chi connectivity index (χ4n) is 1.31. The Morgan fingerprint density at radius 2 is 2.00 bits per heavy atom. The molecule has 1 N–H and O–H groups in total. The molecule has 0 spiro atoms. The summed E-state index contributed by atoms with van der Waals surface area (Å²) in [6, 6.07) is 7.63. The van der Waals surface area contributed by atoms with Gasteiger partial charge in [0, 0.05) is 0 Å². The first kappa shape index (κ1) is 10.4. The van der Waals surface area contributed by atoms with Crippen molar-refractivity contribution in [2.24, 2.45) is 0 Å². The van der Waals surface area contributed by atoms with Crippen molar-refractivity contribution in [2.45, 2.75) is 13.8 Å². The van der Waals surface area contributed by atoms with Crippen LogP contribution < -0.4 is 4.46 Å². The van der Waals surface area contributed by atoms with Crippen molar-refractivity contribution in [3.8, 4) is 11.5 Å². The van der Waals surface area contributed by atoms with Crippen molar-refractivity contribution >= 4 is 19.7 Å². The van der Waals surface area contributed by atoms with Gasteiger partial charge in [-0.15, -0.1) is 0 Å². The van der Waals surface area contributed by atoms with Crippen LogP contribution in [0.15, 0.2) is 28.7 Å². The maximum atomic E-state index is 9.25. The van der Waals surface area contributed by atoms with Crippen molar-refractivity contribution in [3.05, 3.63) is 35.7 Å². The molecule has 15 heavy (non-hydrogen) atoms. The first-order chi connectivity index (χ1) is 7.22. The van der Waals surface area contributed by atoms with E-state index in [0.717, 1.165) is 21.5 Å². The molecule has 2 rings (SSSR count). The molecule has 0 amide bonds.